The van der Waals surface area contributed by atoms with E-state index >= 15 is 0 Å². The van der Waals surface area contributed by atoms with E-state index in [1.807, 2.05) is 24.3 Å². The lowest BCUT2D eigenvalue weighted by atomic mass is 10.3. The Morgan fingerprint density at radius 3 is 2.78 bits per heavy atom. The summed E-state index contributed by atoms with van der Waals surface area (Å²) in [6.07, 6.45) is 1.51. The van der Waals surface area contributed by atoms with Gasteiger partial charge >= 0.3 is 0 Å². The number of pyridine rings is 1. The minimum atomic E-state index is -0.381. The predicted octanol–water partition coefficient (Wildman–Crippen LogP) is 4.19. The van der Waals surface area contributed by atoms with Gasteiger partial charge in [0.25, 0.3) is 5.91 Å². The van der Waals surface area contributed by atoms with Gasteiger partial charge < -0.3 is 14.6 Å². The second kappa shape index (κ2) is 6.62. The molecule has 0 aliphatic rings. The van der Waals surface area contributed by atoms with Crippen molar-refractivity contribution >= 4 is 27.5 Å². The first-order valence-electron chi connectivity index (χ1n) is 6.74. The molecule has 6 nitrogen and oxygen atoms in total. The molecule has 116 valence electrons. The number of aryl methyl sites for hydroxylation is 1. The van der Waals surface area contributed by atoms with Gasteiger partial charge in [0, 0.05) is 16.6 Å². The van der Waals surface area contributed by atoms with Crippen molar-refractivity contribution in [2.24, 2.45) is 0 Å². The molecule has 0 spiro atoms. The van der Waals surface area contributed by atoms with E-state index in [4.69, 9.17) is 9.26 Å². The highest BCUT2D eigenvalue weighted by atomic mass is 79.9. The Morgan fingerprint density at radius 2 is 2.13 bits per heavy atom. The van der Waals surface area contributed by atoms with Gasteiger partial charge in [0.15, 0.2) is 0 Å². The topological polar surface area (TPSA) is 77.2 Å². The summed E-state index contributed by atoms with van der Waals surface area (Å²) in [4.78, 5) is 16.1. The fraction of sp³-hybridized carbons (Fsp3) is 0.0625. The first kappa shape index (κ1) is 15.2. The highest BCUT2D eigenvalue weighted by Gasteiger charge is 2.12. The van der Waals surface area contributed by atoms with Crippen LogP contribution in [0, 0.1) is 6.92 Å². The molecular weight excluding hydrogens is 362 g/mol. The van der Waals surface area contributed by atoms with Crippen LogP contribution in [-0.2, 0) is 0 Å². The van der Waals surface area contributed by atoms with Crippen molar-refractivity contribution in [3.05, 3.63) is 64.6 Å². The Bertz CT molecular complexity index is 831. The number of anilines is 1. The number of hydrogen-bond donors (Lipinski definition) is 1. The molecule has 23 heavy (non-hydrogen) atoms. The van der Waals surface area contributed by atoms with E-state index in [2.05, 4.69) is 31.4 Å². The molecule has 1 amide bonds. The van der Waals surface area contributed by atoms with Gasteiger partial charge in [0.2, 0.25) is 11.6 Å². The van der Waals surface area contributed by atoms with E-state index in [-0.39, 0.29) is 11.7 Å². The minimum Gasteiger partial charge on any atom is -0.439 e. The van der Waals surface area contributed by atoms with Gasteiger partial charge in [-0.1, -0.05) is 27.2 Å². The number of aromatic nitrogens is 2. The van der Waals surface area contributed by atoms with E-state index in [9.17, 15) is 4.79 Å². The molecule has 0 saturated heterocycles. The van der Waals surface area contributed by atoms with Crippen LogP contribution < -0.4 is 10.1 Å². The second-order valence-corrected chi connectivity index (χ2v) is 5.65. The Balaban J connectivity index is 1.66. The van der Waals surface area contributed by atoms with Gasteiger partial charge in [-0.15, -0.1) is 0 Å². The third-order valence-electron chi connectivity index (χ3n) is 2.86. The number of carbonyl (C=O) groups excluding carboxylic acids is 1. The van der Waals surface area contributed by atoms with Crippen molar-refractivity contribution in [3.8, 4) is 11.6 Å². The van der Waals surface area contributed by atoms with Crippen LogP contribution in [0.15, 0.2) is 57.7 Å². The Morgan fingerprint density at radius 1 is 1.26 bits per heavy atom. The molecule has 3 aromatic rings. The highest BCUT2D eigenvalue weighted by Crippen LogP contribution is 2.23. The molecule has 0 unspecified atom stereocenters. The van der Waals surface area contributed by atoms with Gasteiger partial charge in [-0.25, -0.2) is 4.98 Å². The van der Waals surface area contributed by atoms with E-state index in [1.54, 1.807) is 25.1 Å². The van der Waals surface area contributed by atoms with Gasteiger partial charge in [-0.05, 0) is 31.2 Å². The van der Waals surface area contributed by atoms with Gasteiger partial charge in [0.05, 0.1) is 17.6 Å². The van der Waals surface area contributed by atoms with Gasteiger partial charge in [0.1, 0.15) is 5.75 Å². The molecule has 0 atom stereocenters. The van der Waals surface area contributed by atoms with Crippen LogP contribution in [-0.4, -0.2) is 16.0 Å². The Labute approximate surface area is 140 Å². The summed E-state index contributed by atoms with van der Waals surface area (Å²) in [7, 11) is 0. The smallest absolute Gasteiger partial charge is 0.294 e. The molecule has 0 aliphatic heterocycles. The number of halogens is 1. The maximum absolute atomic E-state index is 11.9. The maximum atomic E-state index is 11.9. The van der Waals surface area contributed by atoms with Crippen molar-refractivity contribution in [3.63, 3.8) is 0 Å². The fourth-order valence-electron chi connectivity index (χ4n) is 1.83. The van der Waals surface area contributed by atoms with Crippen LogP contribution in [0.1, 0.15) is 16.2 Å². The third-order valence-corrected chi connectivity index (χ3v) is 3.36. The third kappa shape index (κ3) is 3.95. The molecule has 3 rings (SSSR count). The Kier molecular flexibility index (Phi) is 4.38. The van der Waals surface area contributed by atoms with Crippen molar-refractivity contribution in [1.29, 1.82) is 0 Å². The van der Waals surface area contributed by atoms with Crippen LogP contribution in [0.25, 0.3) is 0 Å². The summed E-state index contributed by atoms with van der Waals surface area (Å²) in [5.41, 5.74) is 1.18. The molecule has 1 aromatic carbocycles. The van der Waals surface area contributed by atoms with Crippen LogP contribution in [0.2, 0.25) is 0 Å². The molecule has 0 saturated carbocycles. The lowest BCUT2D eigenvalue weighted by molar-refractivity contribution is 0.0988. The summed E-state index contributed by atoms with van der Waals surface area (Å²) in [6.45, 7) is 1.75. The quantitative estimate of drug-likeness (QED) is 0.741. The van der Waals surface area contributed by atoms with Crippen molar-refractivity contribution in [2.45, 2.75) is 6.92 Å². The fourth-order valence-corrected chi connectivity index (χ4v) is 2.21. The van der Waals surface area contributed by atoms with Crippen molar-refractivity contribution < 1.29 is 14.1 Å². The van der Waals surface area contributed by atoms with Crippen molar-refractivity contribution in [1.82, 2.24) is 10.1 Å². The van der Waals surface area contributed by atoms with Crippen LogP contribution >= 0.6 is 15.9 Å². The predicted molar refractivity (Wildman–Crippen MR) is 87.6 cm³/mol. The van der Waals surface area contributed by atoms with E-state index < -0.39 is 0 Å². The standard InChI is InChI=1S/C16H12BrN3O3/c1-10-7-14(23-20-10)16(21)19-12-5-6-15(18-9-12)22-13-4-2-3-11(17)8-13/h2-9H,1H3,(H,19,21). The van der Waals surface area contributed by atoms with E-state index in [1.165, 1.54) is 6.20 Å². The van der Waals surface area contributed by atoms with E-state index in [0.29, 0.717) is 23.0 Å². The normalized spacial score (nSPS) is 10.3. The second-order valence-electron chi connectivity index (χ2n) is 4.73. The minimum absolute atomic E-state index is 0.150. The first-order valence-corrected chi connectivity index (χ1v) is 7.53. The first-order chi connectivity index (χ1) is 11.1. The number of nitrogens with zero attached hydrogens (tertiary/aromatic N) is 2. The number of carbonyl (C=O) groups is 1. The molecule has 0 aliphatic carbocycles. The number of ether oxygens (including phenoxy) is 1. The van der Waals surface area contributed by atoms with Crippen LogP contribution in [0.3, 0.4) is 0 Å². The number of rotatable bonds is 4. The zero-order valence-electron chi connectivity index (χ0n) is 12.1. The zero-order valence-corrected chi connectivity index (χ0v) is 13.7. The number of nitrogens with one attached hydrogen (secondary N) is 1. The average Bonchev–Trinajstić information content (AvgIpc) is 2.96. The summed E-state index contributed by atoms with van der Waals surface area (Å²) in [5, 5.41) is 6.35. The van der Waals surface area contributed by atoms with Gasteiger partial charge in [-0.3, -0.25) is 4.79 Å². The molecule has 2 heterocycles. The monoisotopic (exact) mass is 373 g/mol. The average molecular weight is 374 g/mol. The molecule has 1 N–H and O–H groups in total. The number of hydrogen-bond acceptors (Lipinski definition) is 5. The molecule has 0 fully saturated rings. The lowest BCUT2D eigenvalue weighted by Gasteiger charge is -2.06. The van der Waals surface area contributed by atoms with Crippen LogP contribution in [0.4, 0.5) is 5.69 Å². The Hall–Kier alpha value is -2.67. The summed E-state index contributed by atoms with van der Waals surface area (Å²) in [6, 6.07) is 12.4. The number of benzene rings is 1. The van der Waals surface area contributed by atoms with E-state index in [0.717, 1.165) is 4.47 Å². The maximum Gasteiger partial charge on any atom is 0.294 e. The SMILES string of the molecule is Cc1cc(C(=O)Nc2ccc(Oc3cccc(Br)c3)nc2)on1. The van der Waals surface area contributed by atoms with Crippen molar-refractivity contribution in [2.75, 3.05) is 5.32 Å². The summed E-state index contributed by atoms with van der Waals surface area (Å²) in [5.74, 6) is 0.863. The largest absolute Gasteiger partial charge is 0.439 e. The van der Waals surface area contributed by atoms with Crippen LogP contribution in [0.5, 0.6) is 11.6 Å². The molecular formula is C16H12BrN3O3. The lowest BCUT2D eigenvalue weighted by Crippen LogP contribution is -2.11. The number of amides is 1. The summed E-state index contributed by atoms with van der Waals surface area (Å²) < 4.78 is 11.4. The zero-order chi connectivity index (χ0) is 16.2. The van der Waals surface area contributed by atoms with Gasteiger partial charge in [-0.2, -0.15) is 0 Å². The molecule has 0 bridgehead atoms. The molecule has 0 radical (unpaired) electrons. The highest BCUT2D eigenvalue weighted by molar-refractivity contribution is 9.10. The molecule has 2 aromatic heterocycles. The molecule has 7 heteroatoms. The summed E-state index contributed by atoms with van der Waals surface area (Å²) >= 11 is 3.38.